The van der Waals surface area contributed by atoms with E-state index in [1.165, 1.54) is 35.3 Å². The molecule has 0 atom stereocenters. The second-order valence-corrected chi connectivity index (χ2v) is 7.82. The van der Waals surface area contributed by atoms with E-state index in [1.54, 1.807) is 11.3 Å². The van der Waals surface area contributed by atoms with Crippen molar-refractivity contribution >= 4 is 28.6 Å². The van der Waals surface area contributed by atoms with Gasteiger partial charge in [-0.3, -0.25) is 4.79 Å². The monoisotopic (exact) mass is 335 g/mol. The zero-order valence-electron chi connectivity index (χ0n) is 13.0. The maximum atomic E-state index is 12.2. The van der Waals surface area contributed by atoms with Crippen molar-refractivity contribution in [2.75, 3.05) is 14.1 Å². The molecule has 1 amide bonds. The molecule has 22 heavy (non-hydrogen) atoms. The SMILES string of the molecule is CN(C)Cc1nc(C(=O)NCc2csc3c2CCCC3)cs1. The van der Waals surface area contributed by atoms with Crippen LogP contribution >= 0.6 is 22.7 Å². The quantitative estimate of drug-likeness (QED) is 0.913. The molecule has 2 aromatic heterocycles. The van der Waals surface area contributed by atoms with Crippen LogP contribution in [0.25, 0.3) is 0 Å². The average Bonchev–Trinajstić information content (AvgIpc) is 3.11. The van der Waals surface area contributed by atoms with Crippen LogP contribution in [-0.4, -0.2) is 29.9 Å². The van der Waals surface area contributed by atoms with Crippen LogP contribution in [0.4, 0.5) is 0 Å². The lowest BCUT2D eigenvalue weighted by Crippen LogP contribution is -2.23. The number of thiazole rings is 1. The first kappa shape index (κ1) is 15.6. The molecule has 0 aromatic carbocycles. The molecule has 0 saturated heterocycles. The zero-order chi connectivity index (χ0) is 15.5. The Labute approximate surface area is 139 Å². The fourth-order valence-electron chi connectivity index (χ4n) is 2.73. The molecule has 0 bridgehead atoms. The minimum atomic E-state index is -0.0722. The van der Waals surface area contributed by atoms with Gasteiger partial charge in [-0.05, 0) is 56.3 Å². The van der Waals surface area contributed by atoms with Crippen molar-refractivity contribution in [3.8, 4) is 0 Å². The predicted octanol–water partition coefficient (Wildman–Crippen LogP) is 3.08. The van der Waals surface area contributed by atoms with E-state index in [0.29, 0.717) is 12.2 Å². The van der Waals surface area contributed by atoms with Crippen molar-refractivity contribution in [3.63, 3.8) is 0 Å². The van der Waals surface area contributed by atoms with Gasteiger partial charge in [0.1, 0.15) is 10.7 Å². The lowest BCUT2D eigenvalue weighted by molar-refractivity contribution is 0.0946. The van der Waals surface area contributed by atoms with E-state index in [4.69, 9.17) is 0 Å². The fraction of sp³-hybridized carbons (Fsp3) is 0.500. The summed E-state index contributed by atoms with van der Waals surface area (Å²) in [4.78, 5) is 20.2. The number of aromatic nitrogens is 1. The highest BCUT2D eigenvalue weighted by atomic mass is 32.1. The Kier molecular flexibility index (Phi) is 4.90. The van der Waals surface area contributed by atoms with Crippen molar-refractivity contribution in [3.05, 3.63) is 37.5 Å². The van der Waals surface area contributed by atoms with Crippen molar-refractivity contribution in [2.45, 2.75) is 38.8 Å². The molecule has 6 heteroatoms. The molecule has 4 nitrogen and oxygen atoms in total. The second-order valence-electron chi connectivity index (χ2n) is 5.92. The highest BCUT2D eigenvalue weighted by molar-refractivity contribution is 7.10. The molecule has 0 fully saturated rings. The molecule has 1 aliphatic rings. The largest absolute Gasteiger partial charge is 0.347 e. The molecule has 0 radical (unpaired) electrons. The summed E-state index contributed by atoms with van der Waals surface area (Å²) >= 11 is 3.38. The van der Waals surface area contributed by atoms with E-state index in [1.807, 2.05) is 30.8 Å². The van der Waals surface area contributed by atoms with Crippen molar-refractivity contribution in [1.82, 2.24) is 15.2 Å². The summed E-state index contributed by atoms with van der Waals surface area (Å²) in [5.74, 6) is -0.0722. The molecule has 0 saturated carbocycles. The van der Waals surface area contributed by atoms with Crippen LogP contribution in [0.3, 0.4) is 0 Å². The highest BCUT2D eigenvalue weighted by Gasteiger charge is 2.17. The summed E-state index contributed by atoms with van der Waals surface area (Å²) in [6.07, 6.45) is 4.93. The van der Waals surface area contributed by atoms with Crippen LogP contribution in [0.15, 0.2) is 10.8 Å². The van der Waals surface area contributed by atoms with E-state index < -0.39 is 0 Å². The first-order valence-electron chi connectivity index (χ1n) is 7.59. The third-order valence-corrected chi connectivity index (χ3v) is 5.79. The number of carbonyl (C=O) groups excluding carboxylic acids is 1. The van der Waals surface area contributed by atoms with E-state index in [9.17, 15) is 4.79 Å². The normalized spacial score (nSPS) is 14.1. The van der Waals surface area contributed by atoms with Gasteiger partial charge in [-0.1, -0.05) is 0 Å². The van der Waals surface area contributed by atoms with Crippen LogP contribution in [0.2, 0.25) is 0 Å². The number of fused-ring (bicyclic) bond motifs is 1. The summed E-state index contributed by atoms with van der Waals surface area (Å²) in [5, 5.41) is 8.04. The first-order valence-corrected chi connectivity index (χ1v) is 9.35. The molecular weight excluding hydrogens is 314 g/mol. The van der Waals surface area contributed by atoms with E-state index in [-0.39, 0.29) is 5.91 Å². The standard InChI is InChI=1S/C16H21N3OS2/c1-19(2)8-15-18-13(10-22-15)16(20)17-7-11-9-21-14-6-4-3-5-12(11)14/h9-10H,3-8H2,1-2H3,(H,17,20). The van der Waals surface area contributed by atoms with Gasteiger partial charge in [0.2, 0.25) is 0 Å². The van der Waals surface area contributed by atoms with Crippen LogP contribution in [-0.2, 0) is 25.9 Å². The molecule has 2 heterocycles. The number of nitrogens with one attached hydrogen (secondary N) is 1. The molecule has 0 spiro atoms. The molecular formula is C16H21N3OS2. The lowest BCUT2D eigenvalue weighted by Gasteiger charge is -2.13. The summed E-state index contributed by atoms with van der Waals surface area (Å²) in [6.45, 7) is 1.39. The highest BCUT2D eigenvalue weighted by Crippen LogP contribution is 2.30. The van der Waals surface area contributed by atoms with E-state index in [0.717, 1.165) is 18.0 Å². The Morgan fingerprint density at radius 1 is 1.27 bits per heavy atom. The Morgan fingerprint density at radius 3 is 2.91 bits per heavy atom. The van der Waals surface area contributed by atoms with Gasteiger partial charge in [0, 0.05) is 23.3 Å². The average molecular weight is 335 g/mol. The molecule has 118 valence electrons. The number of hydrogen-bond acceptors (Lipinski definition) is 5. The van der Waals surface area contributed by atoms with Gasteiger partial charge in [-0.25, -0.2) is 4.98 Å². The fourth-order valence-corrected chi connectivity index (χ4v) is 4.77. The van der Waals surface area contributed by atoms with Crippen molar-refractivity contribution in [2.24, 2.45) is 0 Å². The molecule has 2 aromatic rings. The van der Waals surface area contributed by atoms with Gasteiger partial charge in [-0.2, -0.15) is 0 Å². The van der Waals surface area contributed by atoms with Crippen molar-refractivity contribution < 1.29 is 4.79 Å². The van der Waals surface area contributed by atoms with Crippen LogP contribution in [0.1, 0.15) is 44.3 Å². The van der Waals surface area contributed by atoms with E-state index in [2.05, 4.69) is 20.6 Å². The Balaban J connectivity index is 1.60. The molecule has 1 aliphatic carbocycles. The summed E-state index contributed by atoms with van der Waals surface area (Å²) in [5.41, 5.74) is 3.30. The Hall–Kier alpha value is -1.24. The molecule has 0 aliphatic heterocycles. The Morgan fingerprint density at radius 2 is 2.09 bits per heavy atom. The number of thiophene rings is 1. The van der Waals surface area contributed by atoms with Crippen LogP contribution < -0.4 is 5.32 Å². The number of aryl methyl sites for hydroxylation is 1. The number of rotatable bonds is 5. The number of carbonyl (C=O) groups is 1. The molecule has 1 N–H and O–H groups in total. The van der Waals surface area contributed by atoms with Crippen LogP contribution in [0, 0.1) is 0 Å². The minimum absolute atomic E-state index is 0.0722. The third-order valence-electron chi connectivity index (χ3n) is 3.82. The number of amides is 1. The van der Waals surface area contributed by atoms with Gasteiger partial charge in [0.25, 0.3) is 5.91 Å². The Bertz CT molecular complexity index is 660. The smallest absolute Gasteiger partial charge is 0.271 e. The van der Waals surface area contributed by atoms with Crippen molar-refractivity contribution in [1.29, 1.82) is 0 Å². The molecule has 3 rings (SSSR count). The zero-order valence-corrected chi connectivity index (χ0v) is 14.6. The lowest BCUT2D eigenvalue weighted by atomic mass is 9.96. The maximum absolute atomic E-state index is 12.2. The predicted molar refractivity (Wildman–Crippen MR) is 91.6 cm³/mol. The number of nitrogens with zero attached hydrogens (tertiary/aromatic N) is 2. The number of hydrogen-bond donors (Lipinski definition) is 1. The first-order chi connectivity index (χ1) is 10.6. The van der Waals surface area contributed by atoms with E-state index >= 15 is 0 Å². The van der Waals surface area contributed by atoms with Gasteiger partial charge >= 0.3 is 0 Å². The van der Waals surface area contributed by atoms with Crippen LogP contribution in [0.5, 0.6) is 0 Å². The second kappa shape index (κ2) is 6.89. The maximum Gasteiger partial charge on any atom is 0.271 e. The van der Waals surface area contributed by atoms with Gasteiger partial charge in [0.15, 0.2) is 0 Å². The topological polar surface area (TPSA) is 45.2 Å². The molecule has 0 unspecified atom stereocenters. The summed E-state index contributed by atoms with van der Waals surface area (Å²) in [7, 11) is 4.00. The van der Waals surface area contributed by atoms with Gasteiger partial charge in [0.05, 0.1) is 0 Å². The van der Waals surface area contributed by atoms with Gasteiger partial charge in [-0.15, -0.1) is 22.7 Å². The van der Waals surface area contributed by atoms with Gasteiger partial charge < -0.3 is 10.2 Å². The minimum Gasteiger partial charge on any atom is -0.347 e. The third kappa shape index (κ3) is 3.56. The summed E-state index contributed by atoms with van der Waals surface area (Å²) in [6, 6.07) is 0. The summed E-state index contributed by atoms with van der Waals surface area (Å²) < 4.78 is 0.